The van der Waals surface area contributed by atoms with Crippen LogP contribution in [0.3, 0.4) is 0 Å². The molecule has 0 saturated heterocycles. The Morgan fingerprint density at radius 1 is 1.50 bits per heavy atom. The van der Waals surface area contributed by atoms with Crippen molar-refractivity contribution in [2.24, 2.45) is 0 Å². The summed E-state index contributed by atoms with van der Waals surface area (Å²) in [5, 5.41) is 12.2. The molecular formula is C13H17BrN2. The van der Waals surface area contributed by atoms with Crippen LogP contribution in [0.15, 0.2) is 28.7 Å². The standard InChI is InChI=1S/C13H17BrN2/c1-3-13(7-8-15)16-10(2)11-5-4-6-12(14)9-11/h4-6,9-10,13,16H,3,7H2,1-2H3/t10-,13?/m1/s1. The third-order valence-corrected chi connectivity index (χ3v) is 3.16. The second kappa shape index (κ2) is 6.67. The average Bonchev–Trinajstić information content (AvgIpc) is 2.28. The highest BCUT2D eigenvalue weighted by Gasteiger charge is 2.11. The van der Waals surface area contributed by atoms with Gasteiger partial charge in [0.1, 0.15) is 0 Å². The maximum Gasteiger partial charge on any atom is 0.0638 e. The minimum atomic E-state index is 0.274. The van der Waals surface area contributed by atoms with Crippen LogP contribution in [-0.2, 0) is 0 Å². The van der Waals surface area contributed by atoms with Crippen molar-refractivity contribution in [3.63, 3.8) is 0 Å². The summed E-state index contributed by atoms with van der Waals surface area (Å²) in [7, 11) is 0. The van der Waals surface area contributed by atoms with E-state index < -0.39 is 0 Å². The van der Waals surface area contributed by atoms with E-state index in [1.165, 1.54) is 5.56 Å². The minimum absolute atomic E-state index is 0.274. The van der Waals surface area contributed by atoms with Gasteiger partial charge < -0.3 is 5.32 Å². The molecule has 2 nitrogen and oxygen atoms in total. The molecule has 0 aliphatic heterocycles. The first-order valence-corrected chi connectivity index (χ1v) is 6.35. The van der Waals surface area contributed by atoms with E-state index in [1.54, 1.807) is 0 Å². The Bertz CT molecular complexity index is 370. The van der Waals surface area contributed by atoms with Gasteiger partial charge in [-0.2, -0.15) is 5.26 Å². The van der Waals surface area contributed by atoms with E-state index in [0.717, 1.165) is 10.9 Å². The summed E-state index contributed by atoms with van der Waals surface area (Å²) in [5.41, 5.74) is 1.24. The van der Waals surface area contributed by atoms with E-state index >= 15 is 0 Å². The van der Waals surface area contributed by atoms with Crippen LogP contribution in [0.1, 0.15) is 38.3 Å². The molecule has 1 rings (SSSR count). The summed E-state index contributed by atoms with van der Waals surface area (Å²) < 4.78 is 1.09. The molecule has 1 aromatic carbocycles. The van der Waals surface area contributed by atoms with Crippen molar-refractivity contribution in [2.75, 3.05) is 0 Å². The Kier molecular flexibility index (Phi) is 5.51. The molecule has 0 radical (unpaired) electrons. The number of halogens is 1. The lowest BCUT2D eigenvalue weighted by Gasteiger charge is -2.20. The molecule has 3 heteroatoms. The van der Waals surface area contributed by atoms with Gasteiger partial charge in [0.2, 0.25) is 0 Å². The first-order chi connectivity index (χ1) is 7.67. The molecule has 16 heavy (non-hydrogen) atoms. The van der Waals surface area contributed by atoms with Gasteiger partial charge >= 0.3 is 0 Å². The lowest BCUT2D eigenvalue weighted by molar-refractivity contribution is 0.448. The van der Waals surface area contributed by atoms with Crippen LogP contribution >= 0.6 is 15.9 Å². The van der Waals surface area contributed by atoms with Crippen molar-refractivity contribution < 1.29 is 0 Å². The molecule has 0 aliphatic rings. The quantitative estimate of drug-likeness (QED) is 0.891. The number of hydrogen-bond donors (Lipinski definition) is 1. The highest BCUT2D eigenvalue weighted by atomic mass is 79.9. The lowest BCUT2D eigenvalue weighted by atomic mass is 10.1. The number of nitriles is 1. The normalized spacial score (nSPS) is 14.1. The second-order valence-electron chi connectivity index (χ2n) is 3.91. The minimum Gasteiger partial charge on any atom is -0.306 e. The zero-order chi connectivity index (χ0) is 12.0. The Hall–Kier alpha value is -0.850. The van der Waals surface area contributed by atoms with E-state index in [1.807, 2.05) is 12.1 Å². The van der Waals surface area contributed by atoms with Crippen LogP contribution in [0.4, 0.5) is 0 Å². The predicted octanol–water partition coefficient (Wildman–Crippen LogP) is 3.79. The van der Waals surface area contributed by atoms with E-state index in [2.05, 4.69) is 53.3 Å². The van der Waals surface area contributed by atoms with Crippen molar-refractivity contribution in [2.45, 2.75) is 38.8 Å². The van der Waals surface area contributed by atoms with E-state index in [9.17, 15) is 0 Å². The third kappa shape index (κ3) is 3.96. The van der Waals surface area contributed by atoms with Gasteiger partial charge in [-0.1, -0.05) is 35.0 Å². The van der Waals surface area contributed by atoms with Crippen molar-refractivity contribution >= 4 is 15.9 Å². The maximum atomic E-state index is 8.70. The monoisotopic (exact) mass is 280 g/mol. The number of nitrogens with one attached hydrogen (secondary N) is 1. The first kappa shape index (κ1) is 13.2. The Morgan fingerprint density at radius 2 is 2.25 bits per heavy atom. The number of hydrogen-bond acceptors (Lipinski definition) is 2. The molecule has 0 saturated carbocycles. The first-order valence-electron chi connectivity index (χ1n) is 5.55. The Morgan fingerprint density at radius 3 is 2.81 bits per heavy atom. The van der Waals surface area contributed by atoms with Gasteiger partial charge in [-0.15, -0.1) is 0 Å². The van der Waals surface area contributed by atoms with Crippen molar-refractivity contribution in [3.8, 4) is 6.07 Å². The fourth-order valence-corrected chi connectivity index (χ4v) is 2.07. The topological polar surface area (TPSA) is 35.8 Å². The zero-order valence-corrected chi connectivity index (χ0v) is 11.3. The second-order valence-corrected chi connectivity index (χ2v) is 4.83. The fraction of sp³-hybridized carbons (Fsp3) is 0.462. The number of nitrogens with zero attached hydrogens (tertiary/aromatic N) is 1. The van der Waals surface area contributed by atoms with Gasteiger partial charge in [-0.05, 0) is 31.0 Å². The van der Waals surface area contributed by atoms with Crippen LogP contribution in [0.25, 0.3) is 0 Å². The lowest BCUT2D eigenvalue weighted by Crippen LogP contribution is -2.30. The Balaban J connectivity index is 2.64. The van der Waals surface area contributed by atoms with Crippen molar-refractivity contribution in [3.05, 3.63) is 34.3 Å². The number of rotatable bonds is 5. The van der Waals surface area contributed by atoms with Gasteiger partial charge in [-0.3, -0.25) is 0 Å². The summed E-state index contributed by atoms with van der Waals surface area (Å²) in [6.45, 7) is 4.23. The van der Waals surface area contributed by atoms with Gasteiger partial charge in [-0.25, -0.2) is 0 Å². The summed E-state index contributed by atoms with van der Waals surface area (Å²) >= 11 is 3.46. The molecule has 86 valence electrons. The Labute approximate surface area is 106 Å². The molecule has 1 unspecified atom stereocenters. The molecule has 0 aromatic heterocycles. The molecule has 0 aliphatic carbocycles. The molecule has 0 heterocycles. The number of benzene rings is 1. The van der Waals surface area contributed by atoms with E-state index in [0.29, 0.717) is 6.42 Å². The molecule has 2 atom stereocenters. The smallest absolute Gasteiger partial charge is 0.0638 e. The highest BCUT2D eigenvalue weighted by molar-refractivity contribution is 9.10. The summed E-state index contributed by atoms with van der Waals surface area (Å²) in [6, 6.07) is 11.0. The maximum absolute atomic E-state index is 8.70. The molecule has 0 spiro atoms. The average molecular weight is 281 g/mol. The fourth-order valence-electron chi connectivity index (χ4n) is 1.66. The predicted molar refractivity (Wildman–Crippen MR) is 70.0 cm³/mol. The molecular weight excluding hydrogens is 264 g/mol. The van der Waals surface area contributed by atoms with Gasteiger partial charge in [0.05, 0.1) is 12.5 Å². The molecule has 1 aromatic rings. The SMILES string of the molecule is CCC(CC#N)N[C@H](C)c1cccc(Br)c1. The van der Waals surface area contributed by atoms with Crippen LogP contribution < -0.4 is 5.32 Å². The highest BCUT2D eigenvalue weighted by Crippen LogP contribution is 2.18. The molecule has 1 N–H and O–H groups in total. The zero-order valence-electron chi connectivity index (χ0n) is 9.70. The van der Waals surface area contributed by atoms with Crippen LogP contribution in [-0.4, -0.2) is 6.04 Å². The van der Waals surface area contributed by atoms with Crippen molar-refractivity contribution in [1.29, 1.82) is 5.26 Å². The molecule has 0 amide bonds. The third-order valence-electron chi connectivity index (χ3n) is 2.66. The summed E-state index contributed by atoms with van der Waals surface area (Å²) in [4.78, 5) is 0. The largest absolute Gasteiger partial charge is 0.306 e. The van der Waals surface area contributed by atoms with E-state index in [4.69, 9.17) is 5.26 Å². The van der Waals surface area contributed by atoms with Gasteiger partial charge in [0.15, 0.2) is 0 Å². The van der Waals surface area contributed by atoms with Crippen LogP contribution in [0, 0.1) is 11.3 Å². The van der Waals surface area contributed by atoms with Crippen molar-refractivity contribution in [1.82, 2.24) is 5.32 Å². The summed E-state index contributed by atoms with van der Waals surface area (Å²) in [6.07, 6.45) is 1.54. The molecule has 0 bridgehead atoms. The van der Waals surface area contributed by atoms with Crippen LogP contribution in [0.5, 0.6) is 0 Å². The summed E-state index contributed by atoms with van der Waals surface area (Å²) in [5.74, 6) is 0. The van der Waals surface area contributed by atoms with Crippen LogP contribution in [0.2, 0.25) is 0 Å². The van der Waals surface area contributed by atoms with Gasteiger partial charge in [0, 0.05) is 16.6 Å². The van der Waals surface area contributed by atoms with Gasteiger partial charge in [0.25, 0.3) is 0 Å². The molecule has 0 fully saturated rings. The van der Waals surface area contributed by atoms with E-state index in [-0.39, 0.29) is 12.1 Å².